The van der Waals surface area contributed by atoms with E-state index < -0.39 is 0 Å². The van der Waals surface area contributed by atoms with Gasteiger partial charge >= 0.3 is 0 Å². The topological polar surface area (TPSA) is 82.3 Å². The van der Waals surface area contributed by atoms with Crippen molar-refractivity contribution in [1.29, 1.82) is 0 Å². The summed E-state index contributed by atoms with van der Waals surface area (Å²) < 4.78 is 11.0. The third-order valence-electron chi connectivity index (χ3n) is 3.44. The molecular weight excluding hydrogens is 232 g/mol. The fourth-order valence-electron chi connectivity index (χ4n) is 2.50. The average Bonchev–Trinajstić information content (AvgIpc) is 2.90. The van der Waals surface area contributed by atoms with Gasteiger partial charge in [0, 0.05) is 25.0 Å². The molecule has 2 aliphatic heterocycles. The molecule has 3 N–H and O–H groups in total. The molecule has 1 atom stereocenters. The first-order valence-corrected chi connectivity index (χ1v) is 6.41. The summed E-state index contributed by atoms with van der Waals surface area (Å²) in [4.78, 5) is 9.08. The van der Waals surface area contributed by atoms with Crippen LogP contribution in [0, 0.1) is 0 Å². The maximum absolute atomic E-state index is 5.62. The summed E-state index contributed by atoms with van der Waals surface area (Å²) in [7, 11) is 0. The maximum atomic E-state index is 5.62. The molecule has 2 aliphatic rings. The molecule has 1 aromatic heterocycles. The first kappa shape index (κ1) is 11.8. The largest absolute Gasteiger partial charge is 0.378 e. The van der Waals surface area contributed by atoms with E-state index in [0.717, 1.165) is 49.4 Å². The maximum Gasteiger partial charge on any atom is 0.149 e. The number of nitrogens with one attached hydrogen (secondary N) is 1. The van der Waals surface area contributed by atoms with Crippen LogP contribution in [0.1, 0.15) is 29.9 Å². The average molecular weight is 250 g/mol. The third kappa shape index (κ3) is 2.31. The van der Waals surface area contributed by atoms with Gasteiger partial charge in [-0.2, -0.15) is 0 Å². The van der Waals surface area contributed by atoms with Crippen molar-refractivity contribution in [2.24, 2.45) is 5.84 Å². The van der Waals surface area contributed by atoms with Crippen molar-refractivity contribution in [3.8, 4) is 0 Å². The zero-order valence-corrected chi connectivity index (χ0v) is 10.3. The summed E-state index contributed by atoms with van der Waals surface area (Å²) in [6.07, 6.45) is 4.07. The van der Waals surface area contributed by atoms with E-state index in [1.54, 1.807) is 0 Å². The van der Waals surface area contributed by atoms with E-state index in [0.29, 0.717) is 19.0 Å². The highest BCUT2D eigenvalue weighted by molar-refractivity contribution is 5.46. The van der Waals surface area contributed by atoms with Gasteiger partial charge < -0.3 is 14.9 Å². The van der Waals surface area contributed by atoms with E-state index in [-0.39, 0.29) is 6.10 Å². The van der Waals surface area contributed by atoms with Crippen molar-refractivity contribution in [2.45, 2.75) is 38.4 Å². The number of aromatic nitrogens is 2. The lowest BCUT2D eigenvalue weighted by molar-refractivity contribution is 0.106. The lowest BCUT2D eigenvalue weighted by Crippen LogP contribution is -2.22. The predicted molar refractivity (Wildman–Crippen MR) is 65.9 cm³/mol. The third-order valence-corrected chi connectivity index (χ3v) is 3.44. The first-order valence-electron chi connectivity index (χ1n) is 6.41. The number of anilines is 1. The normalized spacial score (nSPS) is 22.8. The van der Waals surface area contributed by atoms with E-state index >= 15 is 0 Å². The van der Waals surface area contributed by atoms with Crippen LogP contribution in [-0.2, 0) is 28.9 Å². The molecule has 0 aliphatic carbocycles. The van der Waals surface area contributed by atoms with Crippen LogP contribution in [0.15, 0.2) is 0 Å². The number of hydrazine groups is 1. The molecule has 18 heavy (non-hydrogen) atoms. The molecule has 0 amide bonds. The smallest absolute Gasteiger partial charge is 0.149 e. The van der Waals surface area contributed by atoms with Gasteiger partial charge in [-0.3, -0.25) is 0 Å². The number of hydrogen-bond acceptors (Lipinski definition) is 6. The van der Waals surface area contributed by atoms with Crippen LogP contribution in [0.5, 0.6) is 0 Å². The Morgan fingerprint density at radius 2 is 2.28 bits per heavy atom. The van der Waals surface area contributed by atoms with E-state index in [1.165, 1.54) is 0 Å². The number of nitrogens with two attached hydrogens (primary N) is 1. The van der Waals surface area contributed by atoms with E-state index in [1.807, 2.05) is 0 Å². The molecule has 0 saturated carbocycles. The SMILES string of the molecule is NNc1nc(CC2CCCO2)nc2c1COCC2. The Bertz CT molecular complexity index is 415. The van der Waals surface area contributed by atoms with Gasteiger partial charge in [-0.1, -0.05) is 0 Å². The summed E-state index contributed by atoms with van der Waals surface area (Å²) in [5.74, 6) is 7.03. The van der Waals surface area contributed by atoms with Gasteiger partial charge in [0.2, 0.25) is 0 Å². The zero-order chi connectivity index (χ0) is 12.4. The second-order valence-corrected chi connectivity index (χ2v) is 4.70. The van der Waals surface area contributed by atoms with Crippen LogP contribution in [0.3, 0.4) is 0 Å². The minimum atomic E-state index is 0.258. The molecule has 1 fully saturated rings. The van der Waals surface area contributed by atoms with E-state index in [9.17, 15) is 0 Å². The molecule has 6 heteroatoms. The molecule has 1 aromatic rings. The minimum absolute atomic E-state index is 0.258. The quantitative estimate of drug-likeness (QED) is 0.602. The predicted octanol–water partition coefficient (Wildman–Crippen LogP) is 0.556. The van der Waals surface area contributed by atoms with Crippen LogP contribution in [0.25, 0.3) is 0 Å². The van der Waals surface area contributed by atoms with Gasteiger partial charge in [0.15, 0.2) is 0 Å². The van der Waals surface area contributed by atoms with Gasteiger partial charge in [0.25, 0.3) is 0 Å². The number of fused-ring (bicyclic) bond motifs is 1. The fourth-order valence-corrected chi connectivity index (χ4v) is 2.50. The summed E-state index contributed by atoms with van der Waals surface area (Å²) in [6.45, 7) is 2.11. The first-order chi connectivity index (χ1) is 8.86. The molecule has 1 unspecified atom stereocenters. The van der Waals surface area contributed by atoms with Crippen molar-refractivity contribution in [2.75, 3.05) is 18.6 Å². The number of nitrogens with zero attached hydrogens (tertiary/aromatic N) is 2. The van der Waals surface area contributed by atoms with Gasteiger partial charge in [-0.15, -0.1) is 0 Å². The molecule has 3 rings (SSSR count). The Hall–Kier alpha value is -1.24. The van der Waals surface area contributed by atoms with Crippen LogP contribution in [-0.4, -0.2) is 29.3 Å². The fraction of sp³-hybridized carbons (Fsp3) is 0.667. The lowest BCUT2D eigenvalue weighted by Gasteiger charge is -2.19. The van der Waals surface area contributed by atoms with E-state index in [2.05, 4.69) is 15.4 Å². The Kier molecular flexibility index (Phi) is 3.40. The molecule has 98 valence electrons. The van der Waals surface area contributed by atoms with Gasteiger partial charge in [0.1, 0.15) is 11.6 Å². The van der Waals surface area contributed by atoms with Gasteiger partial charge in [0.05, 0.1) is 25.0 Å². The molecule has 6 nitrogen and oxygen atoms in total. The van der Waals surface area contributed by atoms with Crippen LogP contribution in [0.4, 0.5) is 5.82 Å². The molecule has 0 spiro atoms. The molecule has 3 heterocycles. The summed E-state index contributed by atoms with van der Waals surface area (Å²) in [5, 5.41) is 0. The van der Waals surface area contributed by atoms with E-state index in [4.69, 9.17) is 15.3 Å². The van der Waals surface area contributed by atoms with Crippen molar-refractivity contribution in [1.82, 2.24) is 9.97 Å². The molecule has 0 radical (unpaired) electrons. The zero-order valence-electron chi connectivity index (χ0n) is 10.3. The van der Waals surface area contributed by atoms with Crippen LogP contribution in [0.2, 0.25) is 0 Å². The Morgan fingerprint density at radius 1 is 1.33 bits per heavy atom. The van der Waals surface area contributed by atoms with Crippen molar-refractivity contribution >= 4 is 5.82 Å². The standard InChI is InChI=1S/C12H18N4O2/c13-16-12-9-7-17-5-3-10(9)14-11(15-12)6-8-2-1-4-18-8/h8H,1-7,13H2,(H,14,15,16). The Balaban J connectivity index is 1.85. The molecule has 0 bridgehead atoms. The summed E-state index contributed by atoms with van der Waals surface area (Å²) in [6, 6.07) is 0. The monoisotopic (exact) mass is 250 g/mol. The number of nitrogen functional groups attached to an aromatic ring is 1. The highest BCUT2D eigenvalue weighted by atomic mass is 16.5. The second-order valence-electron chi connectivity index (χ2n) is 4.70. The molecule has 0 aromatic carbocycles. The second kappa shape index (κ2) is 5.17. The lowest BCUT2D eigenvalue weighted by atomic mass is 10.1. The Labute approximate surface area is 106 Å². The van der Waals surface area contributed by atoms with Crippen molar-refractivity contribution < 1.29 is 9.47 Å². The number of hydrogen-bond donors (Lipinski definition) is 2. The number of rotatable bonds is 3. The van der Waals surface area contributed by atoms with Gasteiger partial charge in [-0.05, 0) is 12.8 Å². The van der Waals surface area contributed by atoms with Crippen molar-refractivity contribution in [3.63, 3.8) is 0 Å². The van der Waals surface area contributed by atoms with Crippen LogP contribution < -0.4 is 11.3 Å². The summed E-state index contributed by atoms with van der Waals surface area (Å²) >= 11 is 0. The summed E-state index contributed by atoms with van der Waals surface area (Å²) in [5.41, 5.74) is 4.69. The van der Waals surface area contributed by atoms with Gasteiger partial charge in [-0.25, -0.2) is 15.8 Å². The van der Waals surface area contributed by atoms with Crippen LogP contribution >= 0.6 is 0 Å². The number of ether oxygens (including phenoxy) is 2. The Morgan fingerprint density at radius 3 is 3.06 bits per heavy atom. The highest BCUT2D eigenvalue weighted by Crippen LogP contribution is 2.23. The molecular formula is C12H18N4O2. The highest BCUT2D eigenvalue weighted by Gasteiger charge is 2.21. The minimum Gasteiger partial charge on any atom is -0.378 e. The molecule has 1 saturated heterocycles. The van der Waals surface area contributed by atoms with Crippen molar-refractivity contribution in [3.05, 3.63) is 17.1 Å².